The van der Waals surface area contributed by atoms with Crippen LogP contribution in [0.3, 0.4) is 0 Å². The van der Waals surface area contributed by atoms with Crippen molar-refractivity contribution in [1.82, 2.24) is 9.97 Å². The minimum absolute atomic E-state index is 0.0408. The fourth-order valence-electron chi connectivity index (χ4n) is 4.43. The van der Waals surface area contributed by atoms with Gasteiger partial charge in [-0.1, -0.05) is 68.8 Å². The summed E-state index contributed by atoms with van der Waals surface area (Å²) in [6, 6.07) is 23.4. The Morgan fingerprint density at radius 1 is 0.878 bits per heavy atom. The van der Waals surface area contributed by atoms with Gasteiger partial charge in [0.15, 0.2) is 5.78 Å². The summed E-state index contributed by atoms with van der Waals surface area (Å²) in [4.78, 5) is 33.6. The van der Waals surface area contributed by atoms with E-state index in [1.54, 1.807) is 54.6 Å². The molecule has 4 aromatic carbocycles. The predicted molar refractivity (Wildman–Crippen MR) is 160 cm³/mol. The Hall–Kier alpha value is -4.76. The Balaban J connectivity index is 1.38. The summed E-state index contributed by atoms with van der Waals surface area (Å²) in [5.74, 6) is -0.726. The van der Waals surface area contributed by atoms with Crippen LogP contribution in [0.25, 0.3) is 11.0 Å². The summed E-state index contributed by atoms with van der Waals surface area (Å²) in [7, 11) is -3.87. The molecule has 41 heavy (non-hydrogen) atoms. The number of hydrogen-bond acceptors (Lipinski definition) is 6. The first-order valence-corrected chi connectivity index (χ1v) is 14.5. The minimum atomic E-state index is -3.87. The minimum Gasteiger partial charge on any atom is -0.396 e. The number of nitrogen functional groups attached to an aromatic ring is 1. The summed E-state index contributed by atoms with van der Waals surface area (Å²) in [5.41, 5.74) is 10.6. The Kier molecular flexibility index (Phi) is 7.00. The SMILES string of the molecule is Cc1ccc(S(=O)(=O)c2nc3ccc(C(=O)Nc4cccc(C(=O)c5ccc(C(C)(C)C)cc5)c4N)cc3[nH]2)cc1. The molecule has 0 aliphatic carbocycles. The molecule has 5 aromatic rings. The lowest BCUT2D eigenvalue weighted by atomic mass is 9.86. The van der Waals surface area contributed by atoms with Crippen molar-refractivity contribution in [2.75, 3.05) is 11.1 Å². The van der Waals surface area contributed by atoms with Gasteiger partial charge >= 0.3 is 0 Å². The number of rotatable bonds is 6. The van der Waals surface area contributed by atoms with Crippen LogP contribution in [0.1, 0.15) is 58.2 Å². The number of nitrogens with two attached hydrogens (primary N) is 1. The van der Waals surface area contributed by atoms with Crippen molar-refractivity contribution >= 4 is 43.9 Å². The smallest absolute Gasteiger partial charge is 0.255 e. The van der Waals surface area contributed by atoms with Gasteiger partial charge in [0.1, 0.15) is 0 Å². The maximum absolute atomic E-state index is 13.2. The van der Waals surface area contributed by atoms with E-state index < -0.39 is 15.7 Å². The number of sulfone groups is 1. The number of carbonyl (C=O) groups excluding carboxylic acids is 2. The van der Waals surface area contributed by atoms with Crippen molar-refractivity contribution in [3.63, 3.8) is 0 Å². The average Bonchev–Trinajstić information content (AvgIpc) is 3.38. The number of nitrogens with zero attached hydrogens (tertiary/aromatic N) is 1. The van der Waals surface area contributed by atoms with Crippen LogP contribution in [0.15, 0.2) is 95.0 Å². The Morgan fingerprint density at radius 2 is 1.54 bits per heavy atom. The summed E-state index contributed by atoms with van der Waals surface area (Å²) in [6.07, 6.45) is 0. The van der Waals surface area contributed by atoms with Gasteiger partial charge in [-0.05, 0) is 60.4 Å². The van der Waals surface area contributed by atoms with Gasteiger partial charge in [0, 0.05) is 16.7 Å². The van der Waals surface area contributed by atoms with Crippen LogP contribution in [0, 0.1) is 6.92 Å². The number of amides is 1. The lowest BCUT2D eigenvalue weighted by Gasteiger charge is -2.19. The zero-order valence-electron chi connectivity index (χ0n) is 23.1. The number of hydrogen-bond donors (Lipinski definition) is 3. The van der Waals surface area contributed by atoms with E-state index in [1.165, 1.54) is 18.2 Å². The second-order valence-electron chi connectivity index (χ2n) is 11.0. The molecular weight excluding hydrogens is 536 g/mol. The number of H-pyrrole nitrogens is 1. The van der Waals surface area contributed by atoms with Crippen molar-refractivity contribution in [2.24, 2.45) is 0 Å². The van der Waals surface area contributed by atoms with Gasteiger partial charge < -0.3 is 16.0 Å². The fourth-order valence-corrected chi connectivity index (χ4v) is 5.61. The molecule has 208 valence electrons. The second kappa shape index (κ2) is 10.3. The second-order valence-corrected chi connectivity index (χ2v) is 12.8. The molecule has 0 saturated carbocycles. The molecule has 1 amide bonds. The number of ketones is 1. The third kappa shape index (κ3) is 5.49. The molecule has 0 atom stereocenters. The highest BCUT2D eigenvalue weighted by Gasteiger charge is 2.23. The van der Waals surface area contributed by atoms with E-state index in [0.29, 0.717) is 22.3 Å². The van der Waals surface area contributed by atoms with E-state index in [1.807, 2.05) is 19.1 Å². The monoisotopic (exact) mass is 566 g/mol. The molecule has 9 heteroatoms. The normalized spacial score (nSPS) is 11.9. The summed E-state index contributed by atoms with van der Waals surface area (Å²) in [6.45, 7) is 8.18. The number of aromatic amines is 1. The molecule has 8 nitrogen and oxygen atoms in total. The van der Waals surface area contributed by atoms with Gasteiger partial charge in [-0.15, -0.1) is 0 Å². The summed E-state index contributed by atoms with van der Waals surface area (Å²) in [5, 5.41) is 2.56. The Bertz CT molecular complexity index is 1900. The zero-order valence-corrected chi connectivity index (χ0v) is 24.0. The number of para-hydroxylation sites is 1. The quantitative estimate of drug-likeness (QED) is 0.169. The van der Waals surface area contributed by atoms with E-state index in [4.69, 9.17) is 5.73 Å². The van der Waals surface area contributed by atoms with Crippen LogP contribution < -0.4 is 11.1 Å². The number of anilines is 2. The first kappa shape index (κ1) is 27.8. The molecule has 0 radical (unpaired) electrons. The molecule has 0 aliphatic heterocycles. The largest absolute Gasteiger partial charge is 0.396 e. The van der Waals surface area contributed by atoms with E-state index in [-0.39, 0.29) is 38.1 Å². The number of aromatic nitrogens is 2. The van der Waals surface area contributed by atoms with Crippen LogP contribution in [0.2, 0.25) is 0 Å². The van der Waals surface area contributed by atoms with Crippen LogP contribution in [-0.4, -0.2) is 30.1 Å². The first-order chi connectivity index (χ1) is 19.3. The summed E-state index contributed by atoms with van der Waals surface area (Å²) >= 11 is 0. The van der Waals surface area contributed by atoms with Gasteiger partial charge in [0.25, 0.3) is 5.91 Å². The van der Waals surface area contributed by atoms with Crippen molar-refractivity contribution in [3.8, 4) is 0 Å². The highest BCUT2D eigenvalue weighted by atomic mass is 32.2. The molecule has 0 unspecified atom stereocenters. The van der Waals surface area contributed by atoms with Gasteiger partial charge in [0.2, 0.25) is 15.0 Å². The number of fused-ring (bicyclic) bond motifs is 1. The van der Waals surface area contributed by atoms with E-state index >= 15 is 0 Å². The highest BCUT2D eigenvalue weighted by Crippen LogP contribution is 2.28. The molecule has 0 aliphatic rings. The first-order valence-electron chi connectivity index (χ1n) is 13.0. The van der Waals surface area contributed by atoms with Crippen LogP contribution in [-0.2, 0) is 15.3 Å². The topological polar surface area (TPSA) is 135 Å². The molecule has 1 aromatic heterocycles. The highest BCUT2D eigenvalue weighted by molar-refractivity contribution is 7.91. The molecule has 0 fully saturated rings. The third-order valence-electron chi connectivity index (χ3n) is 6.92. The number of carbonyl (C=O) groups is 2. The third-order valence-corrected chi connectivity index (χ3v) is 8.52. The van der Waals surface area contributed by atoms with E-state index in [2.05, 4.69) is 36.1 Å². The lowest BCUT2D eigenvalue weighted by Crippen LogP contribution is -2.15. The molecular formula is C32H30N4O4S. The molecule has 1 heterocycles. The van der Waals surface area contributed by atoms with E-state index in [0.717, 1.165) is 11.1 Å². The van der Waals surface area contributed by atoms with Gasteiger partial charge in [-0.3, -0.25) is 9.59 Å². The number of nitrogens with one attached hydrogen (secondary N) is 2. The van der Waals surface area contributed by atoms with Crippen molar-refractivity contribution in [1.29, 1.82) is 0 Å². The van der Waals surface area contributed by atoms with Crippen molar-refractivity contribution < 1.29 is 18.0 Å². The number of imidazole rings is 1. The average molecular weight is 567 g/mol. The lowest BCUT2D eigenvalue weighted by molar-refractivity contribution is 0.102. The maximum Gasteiger partial charge on any atom is 0.255 e. The maximum atomic E-state index is 13.2. The van der Waals surface area contributed by atoms with Crippen LogP contribution >= 0.6 is 0 Å². The van der Waals surface area contributed by atoms with Gasteiger partial charge in [-0.2, -0.15) is 0 Å². The Morgan fingerprint density at radius 3 is 2.20 bits per heavy atom. The standard InChI is InChI=1S/C32H30N4O4S/c1-19-8-15-23(16-9-19)41(39,40)31-35-25-17-12-21(18-27(25)36-31)30(38)34-26-7-5-6-24(28(26)33)29(37)20-10-13-22(14-11-20)32(2,3)4/h5-18H,33H2,1-4H3,(H,34,38)(H,35,36). The van der Waals surface area contributed by atoms with Gasteiger partial charge in [-0.25, -0.2) is 13.4 Å². The Labute approximate surface area is 238 Å². The van der Waals surface area contributed by atoms with Crippen LogP contribution in [0.4, 0.5) is 11.4 Å². The van der Waals surface area contributed by atoms with Crippen molar-refractivity contribution in [2.45, 2.75) is 43.2 Å². The molecule has 0 bridgehead atoms. The molecule has 0 saturated heterocycles. The summed E-state index contributed by atoms with van der Waals surface area (Å²) < 4.78 is 26.1. The van der Waals surface area contributed by atoms with E-state index in [9.17, 15) is 18.0 Å². The fraction of sp³-hybridized carbons (Fsp3) is 0.156. The van der Waals surface area contributed by atoms with Crippen molar-refractivity contribution in [3.05, 3.63) is 113 Å². The number of aryl methyl sites for hydroxylation is 1. The molecule has 0 spiro atoms. The van der Waals surface area contributed by atoms with Gasteiger partial charge in [0.05, 0.1) is 27.3 Å². The molecule has 5 rings (SSSR count). The number of benzene rings is 4. The van der Waals surface area contributed by atoms with Crippen LogP contribution in [0.5, 0.6) is 0 Å². The predicted octanol–water partition coefficient (Wildman–Crippen LogP) is 6.07. The molecule has 4 N–H and O–H groups in total. The zero-order chi connectivity index (χ0) is 29.5.